The largest absolute Gasteiger partial charge is 0.334 e. The van der Waals surface area contributed by atoms with Crippen molar-refractivity contribution in [1.82, 2.24) is 29.9 Å². The van der Waals surface area contributed by atoms with Crippen molar-refractivity contribution in [2.75, 3.05) is 0 Å². The molecule has 154 valence electrons. The molecule has 4 aromatic heterocycles. The van der Waals surface area contributed by atoms with Gasteiger partial charge in [-0.25, -0.2) is 0 Å². The van der Waals surface area contributed by atoms with E-state index < -0.39 is 0 Å². The van der Waals surface area contributed by atoms with Crippen molar-refractivity contribution in [2.24, 2.45) is 0 Å². The van der Waals surface area contributed by atoms with Gasteiger partial charge in [0.15, 0.2) is 16.8 Å². The van der Waals surface area contributed by atoms with Gasteiger partial charge in [0.25, 0.3) is 5.89 Å². The maximum absolute atomic E-state index is 6.40. The number of thiophene rings is 1. The zero-order valence-electron chi connectivity index (χ0n) is 16.3. The molecule has 0 spiro atoms. The van der Waals surface area contributed by atoms with Crippen LogP contribution in [-0.2, 0) is 5.75 Å². The van der Waals surface area contributed by atoms with E-state index in [0.717, 1.165) is 22.4 Å². The molecule has 5 rings (SSSR count). The van der Waals surface area contributed by atoms with Crippen molar-refractivity contribution >= 4 is 34.7 Å². The monoisotopic (exact) mass is 466 g/mol. The van der Waals surface area contributed by atoms with Crippen molar-refractivity contribution in [2.45, 2.75) is 17.8 Å². The Bertz CT molecular complexity index is 1320. The summed E-state index contributed by atoms with van der Waals surface area (Å²) < 4.78 is 7.39. The molecular formula is C21H15ClN6OS2. The highest BCUT2D eigenvalue weighted by Crippen LogP contribution is 2.32. The first-order chi connectivity index (χ1) is 15.2. The molecular weight excluding hydrogens is 452 g/mol. The van der Waals surface area contributed by atoms with E-state index in [0.29, 0.717) is 33.5 Å². The molecule has 0 bridgehead atoms. The second-order valence-electron chi connectivity index (χ2n) is 6.58. The number of halogens is 1. The number of pyridine rings is 1. The average Bonchev–Trinajstić information content (AvgIpc) is 3.55. The zero-order valence-corrected chi connectivity index (χ0v) is 18.7. The second-order valence-corrected chi connectivity index (χ2v) is 8.71. The summed E-state index contributed by atoms with van der Waals surface area (Å²) in [6.07, 6.45) is 3.47. The van der Waals surface area contributed by atoms with Crippen LogP contribution in [0.4, 0.5) is 0 Å². The summed E-state index contributed by atoms with van der Waals surface area (Å²) >= 11 is 9.47. The van der Waals surface area contributed by atoms with Gasteiger partial charge in [0.1, 0.15) is 0 Å². The Balaban J connectivity index is 1.50. The standard InChI is InChI=1S/C21H15ClN6OS2/c1-13-16(22)3-2-4-17(13)28-19(14-5-8-23-9-6-14)25-26-21(28)31-12-18-24-20(29-27-18)15-7-10-30-11-15/h2-11H,12H2,1H3. The van der Waals surface area contributed by atoms with Gasteiger partial charge in [-0.15, -0.1) is 10.2 Å². The molecule has 4 heterocycles. The second kappa shape index (κ2) is 8.62. The third-order valence-corrected chi connectivity index (χ3v) is 6.64. The highest BCUT2D eigenvalue weighted by atomic mass is 35.5. The molecule has 0 saturated carbocycles. The minimum Gasteiger partial charge on any atom is -0.334 e. The lowest BCUT2D eigenvalue weighted by Crippen LogP contribution is -2.02. The fourth-order valence-electron chi connectivity index (χ4n) is 3.05. The van der Waals surface area contributed by atoms with Gasteiger partial charge >= 0.3 is 0 Å². The van der Waals surface area contributed by atoms with Crippen LogP contribution in [0, 0.1) is 6.92 Å². The number of hydrogen-bond donors (Lipinski definition) is 0. The summed E-state index contributed by atoms with van der Waals surface area (Å²) in [7, 11) is 0. The predicted octanol–water partition coefficient (Wildman–Crippen LogP) is 5.69. The molecule has 0 aliphatic carbocycles. The van der Waals surface area contributed by atoms with Crippen LogP contribution in [0.15, 0.2) is 69.2 Å². The Morgan fingerprint density at radius 2 is 1.97 bits per heavy atom. The van der Waals surface area contributed by atoms with Crippen molar-refractivity contribution in [3.05, 3.63) is 76.0 Å². The minimum absolute atomic E-state index is 0.488. The number of thioether (sulfide) groups is 1. The summed E-state index contributed by atoms with van der Waals surface area (Å²) in [4.78, 5) is 8.59. The zero-order chi connectivity index (χ0) is 21.2. The maximum atomic E-state index is 6.40. The summed E-state index contributed by atoms with van der Waals surface area (Å²) in [5.41, 5.74) is 3.69. The first-order valence-corrected chi connectivity index (χ1v) is 11.6. The number of nitrogens with zero attached hydrogens (tertiary/aromatic N) is 6. The lowest BCUT2D eigenvalue weighted by atomic mass is 10.2. The van der Waals surface area contributed by atoms with Crippen molar-refractivity contribution in [3.63, 3.8) is 0 Å². The molecule has 10 heteroatoms. The Labute approximate surface area is 191 Å². The molecule has 1 aromatic carbocycles. The van der Waals surface area contributed by atoms with E-state index in [4.69, 9.17) is 16.1 Å². The number of aromatic nitrogens is 6. The number of hydrogen-bond acceptors (Lipinski definition) is 8. The van der Waals surface area contributed by atoms with Gasteiger partial charge in [0, 0.05) is 28.4 Å². The third-order valence-electron chi connectivity index (χ3n) is 4.62. The summed E-state index contributed by atoms with van der Waals surface area (Å²) in [5.74, 6) is 2.31. The van der Waals surface area contributed by atoms with Crippen LogP contribution < -0.4 is 0 Å². The molecule has 0 saturated heterocycles. The van der Waals surface area contributed by atoms with E-state index >= 15 is 0 Å². The van der Waals surface area contributed by atoms with Crippen LogP contribution in [0.5, 0.6) is 0 Å². The van der Waals surface area contributed by atoms with Gasteiger partial charge in [-0.2, -0.15) is 16.3 Å². The fraction of sp³-hybridized carbons (Fsp3) is 0.0952. The van der Waals surface area contributed by atoms with Crippen molar-refractivity contribution in [1.29, 1.82) is 0 Å². The summed E-state index contributed by atoms with van der Waals surface area (Å²) in [5, 5.41) is 18.3. The molecule has 7 nitrogen and oxygen atoms in total. The number of rotatable bonds is 6. The molecule has 0 N–H and O–H groups in total. The lowest BCUT2D eigenvalue weighted by molar-refractivity contribution is 0.425. The molecule has 5 aromatic rings. The van der Waals surface area contributed by atoms with Crippen LogP contribution in [0.25, 0.3) is 28.5 Å². The normalized spacial score (nSPS) is 11.2. The van der Waals surface area contributed by atoms with E-state index in [1.165, 1.54) is 11.8 Å². The molecule has 31 heavy (non-hydrogen) atoms. The van der Waals surface area contributed by atoms with Crippen molar-refractivity contribution < 1.29 is 4.52 Å². The first-order valence-electron chi connectivity index (χ1n) is 9.30. The Hall–Kier alpha value is -3.01. The predicted molar refractivity (Wildman–Crippen MR) is 122 cm³/mol. The SMILES string of the molecule is Cc1c(Cl)cccc1-n1c(SCc2noc(-c3ccsc3)n2)nnc1-c1ccncc1. The van der Waals surface area contributed by atoms with Crippen LogP contribution in [-0.4, -0.2) is 29.9 Å². The lowest BCUT2D eigenvalue weighted by Gasteiger charge is -2.13. The van der Waals surface area contributed by atoms with E-state index in [1.807, 2.05) is 58.6 Å². The van der Waals surface area contributed by atoms with Crippen LogP contribution in [0.3, 0.4) is 0 Å². The van der Waals surface area contributed by atoms with Gasteiger partial charge in [-0.05, 0) is 48.2 Å². The molecule has 0 amide bonds. The van der Waals surface area contributed by atoms with Crippen LogP contribution in [0.1, 0.15) is 11.4 Å². The highest BCUT2D eigenvalue weighted by Gasteiger charge is 2.19. The Morgan fingerprint density at radius 1 is 1.10 bits per heavy atom. The molecule has 0 unspecified atom stereocenters. The van der Waals surface area contributed by atoms with Crippen molar-refractivity contribution in [3.8, 4) is 28.5 Å². The molecule has 0 aliphatic heterocycles. The molecule has 0 fully saturated rings. The van der Waals surface area contributed by atoms with E-state index in [-0.39, 0.29) is 0 Å². The van der Waals surface area contributed by atoms with Crippen LogP contribution in [0.2, 0.25) is 5.02 Å². The fourth-order valence-corrected chi connectivity index (χ4v) is 4.64. The summed E-state index contributed by atoms with van der Waals surface area (Å²) in [6, 6.07) is 11.6. The Morgan fingerprint density at radius 3 is 2.77 bits per heavy atom. The van der Waals surface area contributed by atoms with Gasteiger partial charge in [-0.1, -0.05) is 34.6 Å². The maximum Gasteiger partial charge on any atom is 0.258 e. The number of benzene rings is 1. The van der Waals surface area contributed by atoms with E-state index in [2.05, 4.69) is 25.3 Å². The quantitative estimate of drug-likeness (QED) is 0.297. The molecule has 0 aliphatic rings. The van der Waals surface area contributed by atoms with E-state index in [9.17, 15) is 0 Å². The van der Waals surface area contributed by atoms with Gasteiger partial charge < -0.3 is 4.52 Å². The Kier molecular flexibility index (Phi) is 5.54. The average molecular weight is 467 g/mol. The van der Waals surface area contributed by atoms with E-state index in [1.54, 1.807) is 23.7 Å². The highest BCUT2D eigenvalue weighted by molar-refractivity contribution is 7.98. The van der Waals surface area contributed by atoms with Gasteiger partial charge in [0.2, 0.25) is 0 Å². The van der Waals surface area contributed by atoms with Crippen LogP contribution >= 0.6 is 34.7 Å². The third kappa shape index (κ3) is 3.99. The smallest absolute Gasteiger partial charge is 0.258 e. The van der Waals surface area contributed by atoms with Gasteiger partial charge in [0.05, 0.1) is 17.0 Å². The molecule has 0 radical (unpaired) electrons. The van der Waals surface area contributed by atoms with Gasteiger partial charge in [-0.3, -0.25) is 9.55 Å². The topological polar surface area (TPSA) is 82.5 Å². The minimum atomic E-state index is 0.488. The molecule has 0 atom stereocenters. The first kappa shape index (κ1) is 19.9. The summed E-state index contributed by atoms with van der Waals surface area (Å²) in [6.45, 7) is 1.98.